The molecule has 0 N–H and O–H groups in total. The molecule has 6 nitrogen and oxygen atoms in total. The van der Waals surface area contributed by atoms with Crippen molar-refractivity contribution in [3.63, 3.8) is 0 Å². The van der Waals surface area contributed by atoms with E-state index in [1.54, 1.807) is 24.3 Å². The molecule has 0 atom stereocenters. The van der Waals surface area contributed by atoms with Crippen LogP contribution in [-0.2, 0) is 0 Å². The lowest BCUT2D eigenvalue weighted by Gasteiger charge is -2.13. The molecule has 0 aliphatic carbocycles. The van der Waals surface area contributed by atoms with Crippen molar-refractivity contribution in [2.45, 2.75) is 20.0 Å². The average Bonchev–Trinajstić information content (AvgIpc) is 2.47. The van der Waals surface area contributed by atoms with E-state index >= 15 is 0 Å². The number of para-hydroxylation sites is 1. The minimum absolute atomic E-state index is 0.0910. The number of nitro benzene ring substituents is 1. The summed E-state index contributed by atoms with van der Waals surface area (Å²) >= 11 is 0. The normalized spacial score (nSPS) is 10.3. The SMILES string of the molecule is CC(C)Oc1ccccc1C(=O)Oc1cccc([N+](=O)[O-])c1. The Labute approximate surface area is 127 Å². The Morgan fingerprint density at radius 1 is 1.14 bits per heavy atom. The van der Waals surface area contributed by atoms with Crippen molar-refractivity contribution in [1.82, 2.24) is 0 Å². The summed E-state index contributed by atoms with van der Waals surface area (Å²) in [5, 5.41) is 10.7. The summed E-state index contributed by atoms with van der Waals surface area (Å²) in [7, 11) is 0. The maximum Gasteiger partial charge on any atom is 0.347 e. The van der Waals surface area contributed by atoms with Gasteiger partial charge in [-0.3, -0.25) is 10.1 Å². The molecule has 2 aromatic carbocycles. The van der Waals surface area contributed by atoms with E-state index in [0.29, 0.717) is 5.75 Å². The standard InChI is InChI=1S/C16H15NO5/c1-11(2)21-15-9-4-3-8-14(15)16(18)22-13-7-5-6-12(10-13)17(19)20/h3-11H,1-2H3. The van der Waals surface area contributed by atoms with Gasteiger partial charge in [-0.1, -0.05) is 18.2 Å². The van der Waals surface area contributed by atoms with Crippen LogP contribution in [0, 0.1) is 10.1 Å². The molecule has 0 heterocycles. The van der Waals surface area contributed by atoms with Crippen LogP contribution < -0.4 is 9.47 Å². The summed E-state index contributed by atoms with van der Waals surface area (Å²) in [5.74, 6) is -0.108. The van der Waals surface area contributed by atoms with Crippen molar-refractivity contribution >= 4 is 11.7 Å². The zero-order chi connectivity index (χ0) is 16.1. The van der Waals surface area contributed by atoms with Gasteiger partial charge in [0.25, 0.3) is 5.69 Å². The number of carbonyl (C=O) groups excluding carboxylic acids is 1. The molecule has 114 valence electrons. The van der Waals surface area contributed by atoms with Crippen LogP contribution in [0.25, 0.3) is 0 Å². The molecule has 0 aromatic heterocycles. The third-order valence-electron chi connectivity index (χ3n) is 2.71. The molecule has 0 saturated carbocycles. The van der Waals surface area contributed by atoms with Crippen LogP contribution in [0.5, 0.6) is 11.5 Å². The quantitative estimate of drug-likeness (QED) is 0.365. The highest BCUT2D eigenvalue weighted by Gasteiger charge is 2.16. The van der Waals surface area contributed by atoms with Gasteiger partial charge in [0, 0.05) is 6.07 Å². The third-order valence-corrected chi connectivity index (χ3v) is 2.71. The van der Waals surface area contributed by atoms with Gasteiger partial charge < -0.3 is 9.47 Å². The largest absolute Gasteiger partial charge is 0.490 e. The summed E-state index contributed by atoms with van der Waals surface area (Å²) in [6, 6.07) is 12.2. The van der Waals surface area contributed by atoms with Gasteiger partial charge in [0.15, 0.2) is 0 Å². The first kappa shape index (κ1) is 15.5. The predicted molar refractivity (Wildman–Crippen MR) is 80.3 cm³/mol. The summed E-state index contributed by atoms with van der Waals surface area (Å²) in [4.78, 5) is 22.4. The van der Waals surface area contributed by atoms with Gasteiger partial charge in [0.2, 0.25) is 0 Å². The maximum atomic E-state index is 12.2. The average molecular weight is 301 g/mol. The number of nitro groups is 1. The van der Waals surface area contributed by atoms with E-state index in [2.05, 4.69) is 0 Å². The van der Waals surface area contributed by atoms with Crippen molar-refractivity contribution in [3.05, 3.63) is 64.2 Å². The molecular formula is C16H15NO5. The Hall–Kier alpha value is -2.89. The number of esters is 1. The number of hydrogen-bond acceptors (Lipinski definition) is 5. The maximum absolute atomic E-state index is 12.2. The number of non-ortho nitro benzene ring substituents is 1. The summed E-state index contributed by atoms with van der Waals surface area (Å²) in [5.41, 5.74) is 0.125. The second-order valence-electron chi connectivity index (χ2n) is 4.81. The Morgan fingerprint density at radius 3 is 2.55 bits per heavy atom. The third kappa shape index (κ3) is 3.82. The van der Waals surface area contributed by atoms with Crippen LogP contribution in [0.2, 0.25) is 0 Å². The molecule has 0 amide bonds. The highest BCUT2D eigenvalue weighted by Crippen LogP contribution is 2.24. The highest BCUT2D eigenvalue weighted by molar-refractivity contribution is 5.94. The van der Waals surface area contributed by atoms with Crippen LogP contribution in [0.3, 0.4) is 0 Å². The molecule has 0 aliphatic heterocycles. The number of benzene rings is 2. The first-order valence-corrected chi connectivity index (χ1v) is 6.69. The summed E-state index contributed by atoms with van der Waals surface area (Å²) in [6.07, 6.45) is -0.0910. The molecule has 0 spiro atoms. The van der Waals surface area contributed by atoms with E-state index in [1.165, 1.54) is 24.3 Å². The minimum atomic E-state index is -0.628. The van der Waals surface area contributed by atoms with Crippen molar-refractivity contribution < 1.29 is 19.2 Å². The fourth-order valence-corrected chi connectivity index (χ4v) is 1.81. The smallest absolute Gasteiger partial charge is 0.347 e. The van der Waals surface area contributed by atoms with Crippen LogP contribution >= 0.6 is 0 Å². The van der Waals surface area contributed by atoms with E-state index in [0.717, 1.165) is 0 Å². The Balaban J connectivity index is 2.22. The van der Waals surface area contributed by atoms with Gasteiger partial charge >= 0.3 is 5.97 Å². The fourth-order valence-electron chi connectivity index (χ4n) is 1.81. The first-order valence-electron chi connectivity index (χ1n) is 6.69. The number of nitrogens with zero attached hydrogens (tertiary/aromatic N) is 1. The molecule has 2 aromatic rings. The van der Waals surface area contributed by atoms with E-state index in [9.17, 15) is 14.9 Å². The lowest BCUT2D eigenvalue weighted by molar-refractivity contribution is -0.384. The Kier molecular flexibility index (Phi) is 4.73. The fraction of sp³-hybridized carbons (Fsp3) is 0.188. The van der Waals surface area contributed by atoms with Crippen molar-refractivity contribution in [2.75, 3.05) is 0 Å². The van der Waals surface area contributed by atoms with Crippen LogP contribution in [0.4, 0.5) is 5.69 Å². The van der Waals surface area contributed by atoms with Crippen LogP contribution in [0.15, 0.2) is 48.5 Å². The van der Waals surface area contributed by atoms with Crippen LogP contribution in [0.1, 0.15) is 24.2 Å². The number of rotatable bonds is 5. The van der Waals surface area contributed by atoms with Gasteiger partial charge in [-0.15, -0.1) is 0 Å². The zero-order valence-corrected chi connectivity index (χ0v) is 12.2. The molecule has 0 fully saturated rings. The molecule has 0 bridgehead atoms. The van der Waals surface area contributed by atoms with Crippen molar-refractivity contribution in [3.8, 4) is 11.5 Å². The molecule has 0 saturated heterocycles. The predicted octanol–water partition coefficient (Wildman–Crippen LogP) is 3.60. The topological polar surface area (TPSA) is 78.7 Å². The van der Waals surface area contributed by atoms with Gasteiger partial charge in [-0.05, 0) is 32.0 Å². The van der Waals surface area contributed by atoms with E-state index in [1.807, 2.05) is 13.8 Å². The zero-order valence-electron chi connectivity index (χ0n) is 12.2. The molecular weight excluding hydrogens is 286 g/mol. The van der Waals surface area contributed by atoms with Gasteiger partial charge in [-0.25, -0.2) is 4.79 Å². The monoisotopic (exact) mass is 301 g/mol. The number of carbonyl (C=O) groups is 1. The lowest BCUT2D eigenvalue weighted by Crippen LogP contribution is -2.13. The molecule has 0 aliphatic rings. The van der Waals surface area contributed by atoms with E-state index in [4.69, 9.17) is 9.47 Å². The lowest BCUT2D eigenvalue weighted by atomic mass is 10.2. The van der Waals surface area contributed by atoms with Gasteiger partial charge in [-0.2, -0.15) is 0 Å². The van der Waals surface area contributed by atoms with E-state index < -0.39 is 10.9 Å². The second-order valence-corrected chi connectivity index (χ2v) is 4.81. The number of ether oxygens (including phenoxy) is 2. The van der Waals surface area contributed by atoms with Crippen LogP contribution in [-0.4, -0.2) is 17.0 Å². The highest BCUT2D eigenvalue weighted by atomic mass is 16.6. The number of hydrogen-bond donors (Lipinski definition) is 0. The molecule has 0 unspecified atom stereocenters. The van der Waals surface area contributed by atoms with Gasteiger partial charge in [0.05, 0.1) is 17.1 Å². The summed E-state index contributed by atoms with van der Waals surface area (Å²) in [6.45, 7) is 3.70. The molecule has 0 radical (unpaired) electrons. The molecule has 22 heavy (non-hydrogen) atoms. The summed E-state index contributed by atoms with van der Waals surface area (Å²) < 4.78 is 10.7. The molecule has 2 rings (SSSR count). The van der Waals surface area contributed by atoms with Gasteiger partial charge in [0.1, 0.15) is 17.1 Å². The second kappa shape index (κ2) is 6.71. The Morgan fingerprint density at radius 2 is 1.86 bits per heavy atom. The van der Waals surface area contributed by atoms with Crippen molar-refractivity contribution in [1.29, 1.82) is 0 Å². The first-order chi connectivity index (χ1) is 10.5. The van der Waals surface area contributed by atoms with Crippen molar-refractivity contribution in [2.24, 2.45) is 0 Å². The molecule has 6 heteroatoms. The minimum Gasteiger partial charge on any atom is -0.490 e. The Bertz CT molecular complexity index is 696. The van der Waals surface area contributed by atoms with E-state index in [-0.39, 0.29) is 23.1 Å².